The second kappa shape index (κ2) is 6.77. The molecule has 2 heterocycles. The van der Waals surface area contributed by atoms with Gasteiger partial charge in [0.05, 0.1) is 17.8 Å². The molecule has 1 unspecified atom stereocenters. The van der Waals surface area contributed by atoms with Gasteiger partial charge in [0.2, 0.25) is 9.74 Å². The van der Waals surface area contributed by atoms with Crippen LogP contribution in [0.3, 0.4) is 0 Å². The third kappa shape index (κ3) is 3.85. The van der Waals surface area contributed by atoms with Crippen molar-refractivity contribution in [1.82, 2.24) is 9.97 Å². The van der Waals surface area contributed by atoms with Crippen molar-refractivity contribution in [3.63, 3.8) is 0 Å². The minimum atomic E-state index is -5.04. The van der Waals surface area contributed by atoms with Crippen LogP contribution in [0.4, 0.5) is 19.1 Å². The number of nitrogens with zero attached hydrogens (tertiary/aromatic N) is 4. The van der Waals surface area contributed by atoms with Crippen molar-refractivity contribution in [1.29, 1.82) is 0 Å². The highest BCUT2D eigenvalue weighted by atomic mass is 35.6. The third-order valence-electron chi connectivity index (χ3n) is 3.87. The average molecular weight is 440 g/mol. The number of anilines is 1. The molecular weight excluding hydrogens is 428 g/mol. The van der Waals surface area contributed by atoms with Crippen molar-refractivity contribution in [3.05, 3.63) is 53.3 Å². The number of rotatable bonds is 2. The summed E-state index contributed by atoms with van der Waals surface area (Å²) in [6.45, 7) is 1.50. The van der Waals surface area contributed by atoms with E-state index in [-0.39, 0.29) is 17.1 Å². The molecule has 0 bridgehead atoms. The molecule has 0 amide bonds. The van der Waals surface area contributed by atoms with E-state index >= 15 is 0 Å². The molecule has 1 aliphatic heterocycles. The van der Waals surface area contributed by atoms with Crippen LogP contribution in [0.2, 0.25) is 0 Å². The molecule has 0 radical (unpaired) electrons. The van der Waals surface area contributed by atoms with E-state index in [1.54, 1.807) is 30.3 Å². The molecule has 1 aromatic carbocycles. The van der Waals surface area contributed by atoms with Gasteiger partial charge in [-0.25, -0.2) is 9.97 Å². The van der Waals surface area contributed by atoms with Crippen molar-refractivity contribution in [2.24, 2.45) is 5.10 Å². The maximum absolute atomic E-state index is 13.7. The van der Waals surface area contributed by atoms with Crippen molar-refractivity contribution >= 4 is 46.5 Å². The first-order valence-electron chi connectivity index (χ1n) is 7.57. The third-order valence-corrected chi connectivity index (χ3v) is 4.45. The fraction of sp³-hybridized carbons (Fsp3) is 0.312. The number of hydrogen-bond donors (Lipinski definition) is 1. The Morgan fingerprint density at radius 1 is 1.11 bits per heavy atom. The van der Waals surface area contributed by atoms with Gasteiger partial charge in [-0.3, -0.25) is 0 Å². The van der Waals surface area contributed by atoms with Crippen LogP contribution >= 0.6 is 34.8 Å². The summed E-state index contributed by atoms with van der Waals surface area (Å²) in [6.07, 6.45) is -5.85. The van der Waals surface area contributed by atoms with Gasteiger partial charge in [-0.1, -0.05) is 65.1 Å². The first kappa shape index (κ1) is 20.1. The van der Waals surface area contributed by atoms with Gasteiger partial charge in [0.15, 0.2) is 0 Å². The molecular formula is C16H12Cl3F3N4O. The van der Waals surface area contributed by atoms with Crippen molar-refractivity contribution in [2.45, 2.75) is 29.0 Å². The van der Waals surface area contributed by atoms with Gasteiger partial charge in [-0.15, -0.1) is 0 Å². The van der Waals surface area contributed by atoms with Crippen molar-refractivity contribution in [3.8, 4) is 0 Å². The van der Waals surface area contributed by atoms with Crippen LogP contribution in [-0.2, 0) is 3.79 Å². The Labute approximate surface area is 167 Å². The van der Waals surface area contributed by atoms with E-state index < -0.39 is 28.1 Å². The molecule has 27 heavy (non-hydrogen) atoms. The van der Waals surface area contributed by atoms with E-state index in [1.165, 1.54) is 13.0 Å². The molecule has 0 fully saturated rings. The number of hydrazone groups is 1. The molecule has 1 aliphatic rings. The number of alkyl halides is 6. The summed E-state index contributed by atoms with van der Waals surface area (Å²) >= 11 is 17.4. The van der Waals surface area contributed by atoms with E-state index in [0.717, 1.165) is 0 Å². The summed E-state index contributed by atoms with van der Waals surface area (Å²) < 4.78 is 39.1. The molecule has 0 spiro atoms. The summed E-state index contributed by atoms with van der Waals surface area (Å²) in [5.41, 5.74) is -2.78. The van der Waals surface area contributed by atoms with Crippen LogP contribution in [0.5, 0.6) is 0 Å². The average Bonchev–Trinajstić information content (AvgIpc) is 2.93. The first-order valence-corrected chi connectivity index (χ1v) is 8.70. The fourth-order valence-electron chi connectivity index (χ4n) is 2.56. The Hall–Kier alpha value is -1.61. The molecule has 0 saturated heterocycles. The monoisotopic (exact) mass is 438 g/mol. The Kier molecular flexibility index (Phi) is 5.05. The van der Waals surface area contributed by atoms with Crippen LogP contribution in [0, 0.1) is 6.92 Å². The fourth-order valence-corrected chi connectivity index (χ4v) is 2.85. The largest absolute Gasteiger partial charge is 0.438 e. The minimum absolute atomic E-state index is 0.0240. The number of aryl methyl sites for hydroxylation is 1. The zero-order chi connectivity index (χ0) is 20.0. The molecule has 3 rings (SSSR count). The predicted molar refractivity (Wildman–Crippen MR) is 97.1 cm³/mol. The Morgan fingerprint density at radius 2 is 1.74 bits per heavy atom. The Bertz CT molecular complexity index is 887. The van der Waals surface area contributed by atoms with Crippen LogP contribution in [0.1, 0.15) is 23.4 Å². The molecule has 5 nitrogen and oxygen atoms in total. The van der Waals surface area contributed by atoms with Crippen LogP contribution in [0.15, 0.2) is 41.5 Å². The smallest absolute Gasteiger partial charge is 0.362 e. The highest BCUT2D eigenvalue weighted by Gasteiger charge is 2.62. The van der Waals surface area contributed by atoms with Gasteiger partial charge in [0.1, 0.15) is 0 Å². The number of aromatic nitrogens is 2. The molecule has 1 aromatic heterocycles. The lowest BCUT2D eigenvalue weighted by atomic mass is 10.0. The predicted octanol–water partition coefficient (Wildman–Crippen LogP) is 4.48. The lowest BCUT2D eigenvalue weighted by molar-refractivity contribution is -0.254. The molecule has 11 heteroatoms. The van der Waals surface area contributed by atoms with Gasteiger partial charge in [-0.2, -0.15) is 23.3 Å². The lowest BCUT2D eigenvalue weighted by Crippen LogP contribution is -2.55. The SMILES string of the molecule is Cc1cc(C(Cl)(Cl)Cl)nc(N2N=C(c3ccccc3)CC2(O)C(F)(F)F)n1. The number of aliphatic hydroxyl groups is 1. The maximum Gasteiger partial charge on any atom is 0.438 e. The zero-order valence-electron chi connectivity index (χ0n) is 13.7. The summed E-state index contributed by atoms with van der Waals surface area (Å²) in [5, 5.41) is 14.7. The summed E-state index contributed by atoms with van der Waals surface area (Å²) in [6, 6.07) is 9.51. The molecule has 0 saturated carbocycles. The maximum atomic E-state index is 13.7. The van der Waals surface area contributed by atoms with E-state index in [0.29, 0.717) is 10.6 Å². The van der Waals surface area contributed by atoms with Crippen molar-refractivity contribution in [2.75, 3.05) is 5.01 Å². The summed E-state index contributed by atoms with van der Waals surface area (Å²) in [7, 11) is 0. The second-order valence-electron chi connectivity index (χ2n) is 5.91. The van der Waals surface area contributed by atoms with Gasteiger partial charge in [-0.05, 0) is 18.6 Å². The highest BCUT2D eigenvalue weighted by molar-refractivity contribution is 6.66. The number of halogens is 6. The van der Waals surface area contributed by atoms with Gasteiger partial charge >= 0.3 is 6.18 Å². The molecule has 144 valence electrons. The van der Waals surface area contributed by atoms with E-state index in [9.17, 15) is 18.3 Å². The topological polar surface area (TPSA) is 61.6 Å². The van der Waals surface area contributed by atoms with Gasteiger partial charge in [0, 0.05) is 5.69 Å². The standard InChI is InChI=1S/C16H12Cl3F3N4O/c1-9-7-12(15(17,18)19)24-13(23-9)26-14(27,16(20,21)22)8-11(25-26)10-5-3-2-4-6-10/h2-7,27H,8H2,1H3. The molecule has 0 aliphatic carbocycles. The summed E-state index contributed by atoms with van der Waals surface area (Å²) in [4.78, 5) is 7.81. The molecule has 1 N–H and O–H groups in total. The second-order valence-corrected chi connectivity index (χ2v) is 8.19. The molecule has 2 aromatic rings. The van der Waals surface area contributed by atoms with Crippen LogP contribution in [-0.4, -0.2) is 32.7 Å². The van der Waals surface area contributed by atoms with Gasteiger partial charge in [0.25, 0.3) is 5.72 Å². The normalized spacial score (nSPS) is 20.7. The summed E-state index contributed by atoms with van der Waals surface area (Å²) in [5.74, 6) is -0.526. The lowest BCUT2D eigenvalue weighted by Gasteiger charge is -2.32. The van der Waals surface area contributed by atoms with Gasteiger partial charge < -0.3 is 5.11 Å². The Balaban J connectivity index is 2.15. The van der Waals surface area contributed by atoms with Crippen LogP contribution < -0.4 is 5.01 Å². The quantitative estimate of drug-likeness (QED) is 0.701. The van der Waals surface area contributed by atoms with Crippen LogP contribution in [0.25, 0.3) is 0 Å². The zero-order valence-corrected chi connectivity index (χ0v) is 15.9. The minimum Gasteiger partial charge on any atom is -0.362 e. The van der Waals surface area contributed by atoms with Crippen molar-refractivity contribution < 1.29 is 18.3 Å². The highest BCUT2D eigenvalue weighted by Crippen LogP contribution is 2.44. The first-order chi connectivity index (χ1) is 12.4. The molecule has 1 atom stereocenters. The van der Waals surface area contributed by atoms with E-state index in [4.69, 9.17) is 34.8 Å². The van der Waals surface area contributed by atoms with E-state index in [1.807, 2.05) is 0 Å². The number of benzene rings is 1. The Morgan fingerprint density at radius 3 is 2.30 bits per heavy atom. The number of hydrogen-bond acceptors (Lipinski definition) is 5. The van der Waals surface area contributed by atoms with E-state index in [2.05, 4.69) is 15.1 Å².